The standard InChI is InChI=1S/C11H15O3PS/c1-13-11(12)10(14-15(2,3)16)9-7-5-4-6-8-9/h4-8,10H,1-3H3. The number of carbonyl (C=O) groups is 1. The van der Waals surface area contributed by atoms with Gasteiger partial charge in [0, 0.05) is 0 Å². The molecule has 88 valence electrons. The third kappa shape index (κ3) is 4.05. The van der Waals surface area contributed by atoms with E-state index in [1.807, 2.05) is 43.7 Å². The van der Waals surface area contributed by atoms with Crippen LogP contribution >= 0.6 is 6.26 Å². The fraction of sp³-hybridized carbons (Fsp3) is 0.364. The van der Waals surface area contributed by atoms with Gasteiger partial charge in [-0.1, -0.05) is 42.1 Å². The SMILES string of the molecule is COC(=O)C(OP(C)(C)=S)c1ccccc1. The van der Waals surface area contributed by atoms with Crippen LogP contribution in [0.3, 0.4) is 0 Å². The van der Waals surface area contributed by atoms with Gasteiger partial charge in [0.15, 0.2) is 6.10 Å². The first-order chi connectivity index (χ1) is 7.44. The van der Waals surface area contributed by atoms with Gasteiger partial charge in [-0.05, 0) is 18.9 Å². The van der Waals surface area contributed by atoms with Crippen LogP contribution in [0.15, 0.2) is 30.3 Å². The van der Waals surface area contributed by atoms with Crippen molar-refractivity contribution >= 4 is 24.0 Å². The fourth-order valence-electron chi connectivity index (χ4n) is 1.23. The van der Waals surface area contributed by atoms with Gasteiger partial charge in [0.1, 0.15) is 0 Å². The van der Waals surface area contributed by atoms with Gasteiger partial charge in [0.2, 0.25) is 0 Å². The lowest BCUT2D eigenvalue weighted by Gasteiger charge is -2.20. The summed E-state index contributed by atoms with van der Waals surface area (Å²) in [6.45, 7) is 3.67. The van der Waals surface area contributed by atoms with Crippen LogP contribution < -0.4 is 0 Å². The van der Waals surface area contributed by atoms with E-state index in [2.05, 4.69) is 0 Å². The summed E-state index contributed by atoms with van der Waals surface area (Å²) >= 11 is 5.21. The predicted octanol–water partition coefficient (Wildman–Crippen LogP) is 2.57. The monoisotopic (exact) mass is 258 g/mol. The number of methoxy groups -OCH3 is 1. The maximum absolute atomic E-state index is 11.6. The van der Waals surface area contributed by atoms with Crippen molar-refractivity contribution in [3.05, 3.63) is 35.9 Å². The zero-order chi connectivity index (χ0) is 12.2. The molecule has 0 spiro atoms. The Bertz CT molecular complexity index is 399. The predicted molar refractivity (Wildman–Crippen MR) is 68.4 cm³/mol. The summed E-state index contributed by atoms with van der Waals surface area (Å²) in [5, 5.41) is 0. The number of rotatable bonds is 4. The number of esters is 1. The summed E-state index contributed by atoms with van der Waals surface area (Å²) in [7, 11) is 1.34. The smallest absolute Gasteiger partial charge is 0.340 e. The van der Waals surface area contributed by atoms with Crippen LogP contribution in [0.5, 0.6) is 0 Å². The third-order valence-electron chi connectivity index (χ3n) is 1.88. The number of hydrogen-bond donors (Lipinski definition) is 0. The molecule has 0 amide bonds. The molecule has 0 radical (unpaired) electrons. The highest BCUT2D eigenvalue weighted by Gasteiger charge is 2.25. The molecule has 0 bridgehead atoms. The van der Waals surface area contributed by atoms with Crippen molar-refractivity contribution in [3.8, 4) is 0 Å². The molecule has 5 heteroatoms. The molecule has 0 aromatic heterocycles. The first-order valence-electron chi connectivity index (χ1n) is 4.80. The Morgan fingerprint density at radius 2 is 1.88 bits per heavy atom. The second kappa shape index (κ2) is 5.58. The summed E-state index contributed by atoms with van der Waals surface area (Å²) in [6, 6.07) is 9.23. The highest BCUT2D eigenvalue weighted by Crippen LogP contribution is 2.44. The van der Waals surface area contributed by atoms with E-state index in [1.54, 1.807) is 0 Å². The Labute approximate surface area is 101 Å². The highest BCUT2D eigenvalue weighted by atomic mass is 32.4. The summed E-state index contributed by atoms with van der Waals surface area (Å²) in [5.74, 6) is -0.413. The second-order valence-corrected chi connectivity index (χ2v) is 9.02. The van der Waals surface area contributed by atoms with Gasteiger partial charge in [0.05, 0.1) is 13.4 Å². The van der Waals surface area contributed by atoms with Crippen LogP contribution in [-0.4, -0.2) is 26.4 Å². The Morgan fingerprint density at radius 3 is 2.31 bits per heavy atom. The van der Waals surface area contributed by atoms with E-state index in [9.17, 15) is 4.79 Å². The Morgan fingerprint density at radius 1 is 1.31 bits per heavy atom. The maximum atomic E-state index is 11.6. The molecule has 0 aliphatic carbocycles. The van der Waals surface area contributed by atoms with E-state index in [1.165, 1.54) is 7.11 Å². The molecule has 0 saturated carbocycles. The largest absolute Gasteiger partial charge is 0.467 e. The zero-order valence-corrected chi connectivity index (χ0v) is 11.3. The van der Waals surface area contributed by atoms with Crippen LogP contribution in [0.25, 0.3) is 0 Å². The molecule has 1 aromatic rings. The van der Waals surface area contributed by atoms with Crippen LogP contribution in [-0.2, 0) is 25.9 Å². The van der Waals surface area contributed by atoms with Crippen molar-refractivity contribution in [1.82, 2.24) is 0 Å². The van der Waals surface area contributed by atoms with E-state index in [0.29, 0.717) is 0 Å². The molecule has 16 heavy (non-hydrogen) atoms. The van der Waals surface area contributed by atoms with Crippen LogP contribution in [0.4, 0.5) is 0 Å². The molecule has 0 aliphatic rings. The Hall–Kier alpha value is -0.700. The van der Waals surface area contributed by atoms with Crippen molar-refractivity contribution in [2.24, 2.45) is 0 Å². The molecule has 1 aromatic carbocycles. The zero-order valence-electron chi connectivity index (χ0n) is 9.54. The first-order valence-corrected chi connectivity index (χ1v) is 8.41. The first kappa shape index (κ1) is 13.4. The van der Waals surface area contributed by atoms with Crippen molar-refractivity contribution < 1.29 is 14.1 Å². The molecular formula is C11H15O3PS. The minimum atomic E-state index is -1.92. The molecule has 0 N–H and O–H groups in total. The second-order valence-electron chi connectivity index (χ2n) is 3.67. The topological polar surface area (TPSA) is 35.5 Å². The number of hydrogen-bond acceptors (Lipinski definition) is 4. The molecule has 0 fully saturated rings. The van der Waals surface area contributed by atoms with Crippen LogP contribution in [0.2, 0.25) is 0 Å². The van der Waals surface area contributed by atoms with Crippen molar-refractivity contribution in [1.29, 1.82) is 0 Å². The molecule has 1 unspecified atom stereocenters. The minimum Gasteiger partial charge on any atom is -0.467 e. The van der Waals surface area contributed by atoms with Crippen molar-refractivity contribution in [3.63, 3.8) is 0 Å². The third-order valence-corrected chi connectivity index (χ3v) is 2.85. The summed E-state index contributed by atoms with van der Waals surface area (Å²) in [6.07, 6.45) is -2.64. The maximum Gasteiger partial charge on any atom is 0.340 e. The number of ether oxygens (including phenoxy) is 1. The Kier molecular flexibility index (Phi) is 4.66. The van der Waals surface area contributed by atoms with Gasteiger partial charge < -0.3 is 9.26 Å². The molecule has 3 nitrogen and oxygen atoms in total. The molecule has 0 saturated heterocycles. The molecule has 1 rings (SSSR count). The van der Waals surface area contributed by atoms with Gasteiger partial charge >= 0.3 is 5.97 Å². The fourth-order valence-corrected chi connectivity index (χ4v) is 2.20. The molecule has 0 heterocycles. The molecule has 0 aliphatic heterocycles. The normalized spacial score (nSPS) is 13.2. The minimum absolute atomic E-state index is 0.413. The van der Waals surface area contributed by atoms with E-state index in [4.69, 9.17) is 21.1 Å². The van der Waals surface area contributed by atoms with Crippen LogP contribution in [0, 0.1) is 0 Å². The van der Waals surface area contributed by atoms with Gasteiger partial charge in [0.25, 0.3) is 0 Å². The molecule has 1 atom stereocenters. The van der Waals surface area contributed by atoms with Gasteiger partial charge in [-0.15, -0.1) is 0 Å². The average Bonchev–Trinajstić information content (AvgIpc) is 2.25. The van der Waals surface area contributed by atoms with Crippen molar-refractivity contribution in [2.75, 3.05) is 20.4 Å². The lowest BCUT2D eigenvalue weighted by molar-refractivity contribution is -0.148. The van der Waals surface area contributed by atoms with Gasteiger partial charge in [-0.2, -0.15) is 0 Å². The lowest BCUT2D eigenvalue weighted by Crippen LogP contribution is -2.16. The lowest BCUT2D eigenvalue weighted by atomic mass is 10.1. The highest BCUT2D eigenvalue weighted by molar-refractivity contribution is 8.11. The van der Waals surface area contributed by atoms with E-state index in [0.717, 1.165) is 5.56 Å². The summed E-state index contributed by atoms with van der Waals surface area (Å²) in [4.78, 5) is 11.6. The van der Waals surface area contributed by atoms with E-state index in [-0.39, 0.29) is 0 Å². The van der Waals surface area contributed by atoms with Gasteiger partial charge in [-0.25, -0.2) is 4.79 Å². The summed E-state index contributed by atoms with van der Waals surface area (Å²) in [5.41, 5.74) is 0.771. The average molecular weight is 258 g/mol. The van der Waals surface area contributed by atoms with E-state index < -0.39 is 18.3 Å². The van der Waals surface area contributed by atoms with E-state index >= 15 is 0 Å². The number of benzene rings is 1. The quantitative estimate of drug-likeness (QED) is 0.614. The Balaban J connectivity index is 2.97. The molecular weight excluding hydrogens is 243 g/mol. The van der Waals surface area contributed by atoms with Gasteiger partial charge in [-0.3, -0.25) is 0 Å². The van der Waals surface area contributed by atoms with Crippen molar-refractivity contribution in [2.45, 2.75) is 6.10 Å². The van der Waals surface area contributed by atoms with Crippen LogP contribution in [0.1, 0.15) is 11.7 Å². The summed E-state index contributed by atoms with van der Waals surface area (Å²) < 4.78 is 10.3. The number of carbonyl (C=O) groups excluding carboxylic acids is 1.